The van der Waals surface area contributed by atoms with E-state index in [9.17, 15) is 9.59 Å². The lowest BCUT2D eigenvalue weighted by atomic mass is 10.1. The monoisotopic (exact) mass is 393 g/mol. The zero-order valence-corrected chi connectivity index (χ0v) is 15.9. The number of benzene rings is 2. The number of pyridine rings is 1. The Morgan fingerprint density at radius 2 is 1.90 bits per heavy atom. The van der Waals surface area contributed by atoms with Gasteiger partial charge >= 0.3 is 0 Å². The van der Waals surface area contributed by atoms with Crippen LogP contribution in [-0.2, 0) is 4.79 Å². The van der Waals surface area contributed by atoms with E-state index in [2.05, 4.69) is 15.8 Å². The zero-order valence-electron chi connectivity index (χ0n) is 15.9. The third-order valence-corrected chi connectivity index (χ3v) is 4.56. The normalized spacial score (nSPS) is 14.9. The van der Waals surface area contributed by atoms with Gasteiger partial charge in [-0.25, -0.2) is 0 Å². The Morgan fingerprint density at radius 3 is 2.69 bits per heavy atom. The number of hydrogen-bond donors (Lipinski definition) is 2. The number of hydrazine groups is 1. The number of nitrogens with zero attached hydrogens (tertiary/aromatic N) is 1. The third kappa shape index (κ3) is 3.77. The molecule has 1 aliphatic heterocycles. The van der Waals surface area contributed by atoms with Crippen LogP contribution in [0, 0.1) is 6.92 Å². The van der Waals surface area contributed by atoms with Crippen LogP contribution in [0.15, 0.2) is 48.5 Å². The minimum Gasteiger partial charge on any atom is -0.497 e. The summed E-state index contributed by atoms with van der Waals surface area (Å²) in [5, 5.41) is 0.786. The van der Waals surface area contributed by atoms with Gasteiger partial charge in [0.05, 0.1) is 23.9 Å². The number of fused-ring (bicyclic) bond motifs is 2. The van der Waals surface area contributed by atoms with E-state index in [1.807, 2.05) is 12.1 Å². The van der Waals surface area contributed by atoms with Gasteiger partial charge in [0.2, 0.25) is 6.10 Å². The number of para-hydroxylation sites is 2. The van der Waals surface area contributed by atoms with E-state index >= 15 is 0 Å². The first kappa shape index (κ1) is 18.5. The van der Waals surface area contributed by atoms with E-state index in [-0.39, 0.29) is 6.61 Å². The summed E-state index contributed by atoms with van der Waals surface area (Å²) in [6.07, 6.45) is -0.867. The lowest BCUT2D eigenvalue weighted by Crippen LogP contribution is -2.51. The van der Waals surface area contributed by atoms with Crippen molar-refractivity contribution in [2.75, 3.05) is 13.7 Å². The molecule has 0 fully saturated rings. The standard InChI is InChI=1S/C21H19N3O5/c1-12-15(9-13-7-8-14(27-2)10-16(13)22-12)20(25)23-24-21(26)19-11-28-17-5-3-4-6-18(17)29-19/h3-10,19H,11H2,1-2H3,(H,23,25)(H,24,26). The Kier molecular flexibility index (Phi) is 4.90. The fourth-order valence-electron chi connectivity index (χ4n) is 3.01. The Labute approximate surface area is 166 Å². The van der Waals surface area contributed by atoms with Crippen LogP contribution in [0.5, 0.6) is 17.2 Å². The van der Waals surface area contributed by atoms with Gasteiger partial charge in [-0.15, -0.1) is 0 Å². The number of methoxy groups -OCH3 is 1. The Balaban J connectivity index is 1.43. The summed E-state index contributed by atoms with van der Waals surface area (Å²) >= 11 is 0. The molecule has 8 nitrogen and oxygen atoms in total. The summed E-state index contributed by atoms with van der Waals surface area (Å²) < 4.78 is 16.3. The van der Waals surface area contributed by atoms with Gasteiger partial charge in [0.25, 0.3) is 11.8 Å². The van der Waals surface area contributed by atoms with Crippen LogP contribution < -0.4 is 25.1 Å². The lowest BCUT2D eigenvalue weighted by molar-refractivity contribution is -0.131. The molecule has 1 atom stereocenters. The molecule has 4 rings (SSSR count). The van der Waals surface area contributed by atoms with E-state index in [1.165, 1.54) is 0 Å². The number of amides is 2. The second-order valence-corrected chi connectivity index (χ2v) is 6.49. The number of ether oxygens (including phenoxy) is 3. The molecule has 8 heteroatoms. The fourth-order valence-corrected chi connectivity index (χ4v) is 3.01. The molecule has 2 aromatic carbocycles. The average Bonchev–Trinajstić information content (AvgIpc) is 2.75. The second kappa shape index (κ2) is 7.67. The van der Waals surface area contributed by atoms with Gasteiger partial charge < -0.3 is 14.2 Å². The van der Waals surface area contributed by atoms with E-state index < -0.39 is 17.9 Å². The number of aromatic nitrogens is 1. The molecule has 0 spiro atoms. The van der Waals surface area contributed by atoms with Crippen LogP contribution in [0.25, 0.3) is 10.9 Å². The van der Waals surface area contributed by atoms with Gasteiger partial charge in [-0.3, -0.25) is 25.4 Å². The van der Waals surface area contributed by atoms with Crippen molar-refractivity contribution in [2.24, 2.45) is 0 Å². The maximum atomic E-state index is 12.6. The van der Waals surface area contributed by atoms with Crippen molar-refractivity contribution in [1.29, 1.82) is 0 Å². The summed E-state index contributed by atoms with van der Waals surface area (Å²) in [5.41, 5.74) is 6.40. The topological polar surface area (TPSA) is 98.8 Å². The first-order valence-corrected chi connectivity index (χ1v) is 8.99. The van der Waals surface area contributed by atoms with Gasteiger partial charge in [0, 0.05) is 11.5 Å². The lowest BCUT2D eigenvalue weighted by Gasteiger charge is -2.25. The van der Waals surface area contributed by atoms with Crippen molar-refractivity contribution >= 4 is 22.7 Å². The average molecular weight is 393 g/mol. The molecule has 3 aromatic rings. The van der Waals surface area contributed by atoms with Gasteiger partial charge in [-0.05, 0) is 37.3 Å². The van der Waals surface area contributed by atoms with Gasteiger partial charge in [0.15, 0.2) is 11.5 Å². The number of nitrogens with one attached hydrogen (secondary N) is 2. The summed E-state index contributed by atoms with van der Waals surface area (Å²) in [4.78, 5) is 29.4. The van der Waals surface area contributed by atoms with Gasteiger partial charge in [-0.2, -0.15) is 0 Å². The first-order valence-electron chi connectivity index (χ1n) is 8.99. The molecule has 148 valence electrons. The predicted octanol–water partition coefficient (Wildman–Crippen LogP) is 2.15. The van der Waals surface area contributed by atoms with E-state index in [0.717, 1.165) is 5.39 Å². The number of carbonyl (C=O) groups is 2. The fraction of sp³-hybridized carbons (Fsp3) is 0.190. The van der Waals surface area contributed by atoms with Crippen molar-refractivity contribution in [3.05, 3.63) is 59.8 Å². The van der Waals surface area contributed by atoms with Crippen molar-refractivity contribution in [2.45, 2.75) is 13.0 Å². The Morgan fingerprint density at radius 1 is 1.10 bits per heavy atom. The molecule has 0 saturated heterocycles. The highest BCUT2D eigenvalue weighted by molar-refractivity contribution is 5.99. The van der Waals surface area contributed by atoms with Crippen LogP contribution in [0.2, 0.25) is 0 Å². The predicted molar refractivity (Wildman–Crippen MR) is 105 cm³/mol. The number of carbonyl (C=O) groups excluding carboxylic acids is 2. The van der Waals surface area contributed by atoms with E-state index in [4.69, 9.17) is 14.2 Å². The minimum absolute atomic E-state index is 0.0527. The quantitative estimate of drug-likeness (QED) is 0.662. The van der Waals surface area contributed by atoms with Crippen LogP contribution in [0.4, 0.5) is 0 Å². The molecular weight excluding hydrogens is 374 g/mol. The Hall–Kier alpha value is -3.81. The minimum atomic E-state index is -0.867. The largest absolute Gasteiger partial charge is 0.497 e. The summed E-state index contributed by atoms with van der Waals surface area (Å²) in [7, 11) is 1.58. The molecule has 1 unspecified atom stereocenters. The molecule has 0 bridgehead atoms. The van der Waals surface area contributed by atoms with Gasteiger partial charge in [0.1, 0.15) is 12.4 Å². The number of aryl methyl sites for hydroxylation is 1. The maximum Gasteiger partial charge on any atom is 0.283 e. The molecule has 1 aliphatic rings. The molecule has 0 saturated carbocycles. The van der Waals surface area contributed by atoms with E-state index in [1.54, 1.807) is 50.4 Å². The van der Waals surface area contributed by atoms with Crippen molar-refractivity contribution in [3.8, 4) is 17.2 Å². The van der Waals surface area contributed by atoms with Crippen LogP contribution in [0.3, 0.4) is 0 Å². The first-order chi connectivity index (χ1) is 14.0. The van der Waals surface area contributed by atoms with Crippen molar-refractivity contribution < 1.29 is 23.8 Å². The molecule has 29 heavy (non-hydrogen) atoms. The van der Waals surface area contributed by atoms with Crippen molar-refractivity contribution in [3.63, 3.8) is 0 Å². The van der Waals surface area contributed by atoms with Crippen LogP contribution in [0.1, 0.15) is 16.1 Å². The zero-order chi connectivity index (χ0) is 20.4. The maximum absolute atomic E-state index is 12.6. The van der Waals surface area contributed by atoms with Gasteiger partial charge in [-0.1, -0.05) is 12.1 Å². The number of hydrogen-bond acceptors (Lipinski definition) is 6. The summed E-state index contributed by atoms with van der Waals surface area (Å²) in [5.74, 6) is 0.762. The van der Waals surface area contributed by atoms with E-state index in [0.29, 0.717) is 34.0 Å². The molecular formula is C21H19N3O5. The molecule has 2 N–H and O–H groups in total. The summed E-state index contributed by atoms with van der Waals surface area (Å²) in [6, 6.07) is 14.2. The molecule has 0 radical (unpaired) electrons. The Bertz CT molecular complexity index is 1100. The SMILES string of the molecule is COc1ccc2cc(C(=O)NNC(=O)C3COc4ccccc4O3)c(C)nc2c1. The van der Waals surface area contributed by atoms with Crippen LogP contribution in [-0.4, -0.2) is 36.6 Å². The summed E-state index contributed by atoms with van der Waals surface area (Å²) in [6.45, 7) is 1.78. The highest BCUT2D eigenvalue weighted by Crippen LogP contribution is 2.30. The van der Waals surface area contributed by atoms with Crippen molar-refractivity contribution in [1.82, 2.24) is 15.8 Å². The second-order valence-electron chi connectivity index (χ2n) is 6.49. The van der Waals surface area contributed by atoms with Crippen LogP contribution >= 0.6 is 0 Å². The molecule has 1 aromatic heterocycles. The highest BCUT2D eigenvalue weighted by atomic mass is 16.6. The smallest absolute Gasteiger partial charge is 0.283 e. The highest BCUT2D eigenvalue weighted by Gasteiger charge is 2.27. The molecule has 2 amide bonds. The number of rotatable bonds is 3. The molecule has 2 heterocycles. The molecule has 0 aliphatic carbocycles. The third-order valence-electron chi connectivity index (χ3n) is 4.56.